The maximum Gasteiger partial charge on any atom is 0.248 e. The first-order valence-corrected chi connectivity index (χ1v) is 10.3. The molecule has 1 atom stereocenters. The first kappa shape index (κ1) is 20.7. The molecular weight excluding hydrogens is 394 g/mol. The van der Waals surface area contributed by atoms with Crippen LogP contribution in [0.15, 0.2) is 54.7 Å². The van der Waals surface area contributed by atoms with E-state index in [1.807, 2.05) is 54.4 Å². The van der Waals surface area contributed by atoms with Crippen LogP contribution < -0.4 is 5.73 Å². The molecule has 1 aromatic carbocycles. The zero-order chi connectivity index (χ0) is 21.8. The number of aromatic nitrogens is 3. The predicted octanol–water partition coefficient (Wildman–Crippen LogP) is 2.34. The first-order chi connectivity index (χ1) is 15.0. The highest BCUT2D eigenvalue weighted by Gasteiger charge is 2.26. The van der Waals surface area contributed by atoms with Gasteiger partial charge in [0.25, 0.3) is 0 Å². The average molecular weight is 419 g/mol. The summed E-state index contributed by atoms with van der Waals surface area (Å²) >= 11 is 0. The summed E-state index contributed by atoms with van der Waals surface area (Å²) in [5.74, 6) is -0.379. The molecule has 0 spiro atoms. The number of nitrogens with two attached hydrogens (primary N) is 1. The Bertz CT molecular complexity index is 1080. The van der Waals surface area contributed by atoms with E-state index in [0.717, 1.165) is 22.6 Å². The summed E-state index contributed by atoms with van der Waals surface area (Å²) < 4.78 is 7.71. The van der Waals surface area contributed by atoms with Crippen molar-refractivity contribution < 1.29 is 14.3 Å². The van der Waals surface area contributed by atoms with Crippen molar-refractivity contribution in [3.8, 4) is 11.3 Å². The van der Waals surface area contributed by atoms with Crippen LogP contribution in [0.3, 0.4) is 0 Å². The second-order valence-electron chi connectivity index (χ2n) is 7.56. The summed E-state index contributed by atoms with van der Waals surface area (Å²) in [6, 6.07) is 14.7. The molecule has 2 N–H and O–H groups in total. The molecular formula is C23H25N5O3. The van der Waals surface area contributed by atoms with E-state index in [1.54, 1.807) is 16.8 Å². The van der Waals surface area contributed by atoms with Crippen molar-refractivity contribution in [1.82, 2.24) is 19.7 Å². The number of benzene rings is 1. The van der Waals surface area contributed by atoms with Crippen molar-refractivity contribution in [2.24, 2.45) is 5.73 Å². The Balaban J connectivity index is 1.42. The zero-order valence-corrected chi connectivity index (χ0v) is 17.4. The van der Waals surface area contributed by atoms with E-state index in [2.05, 4.69) is 5.10 Å². The third kappa shape index (κ3) is 4.97. The molecule has 0 saturated carbocycles. The van der Waals surface area contributed by atoms with Gasteiger partial charge in [-0.25, -0.2) is 4.98 Å². The predicted molar refractivity (Wildman–Crippen MR) is 115 cm³/mol. The Morgan fingerprint density at radius 1 is 1.16 bits per heavy atom. The summed E-state index contributed by atoms with van der Waals surface area (Å²) in [6.45, 7) is 3.99. The number of amides is 2. The number of aryl methyl sites for hydroxylation is 2. The number of hydrogen-bond acceptors (Lipinski definition) is 5. The number of ether oxygens (including phenoxy) is 1. The van der Waals surface area contributed by atoms with Crippen molar-refractivity contribution in [2.45, 2.75) is 26.0 Å². The first-order valence-electron chi connectivity index (χ1n) is 10.3. The summed E-state index contributed by atoms with van der Waals surface area (Å²) in [6.07, 6.45) is 2.00. The SMILES string of the molecule is Cc1ccn(CCC(=O)N2CCOC(c3cccc(-c4ccc(C(N)=O)cc4)n3)C2)n1. The normalized spacial score (nSPS) is 16.3. The molecule has 2 amide bonds. The molecule has 2 aromatic heterocycles. The molecule has 0 bridgehead atoms. The van der Waals surface area contributed by atoms with Crippen molar-refractivity contribution in [2.75, 3.05) is 19.7 Å². The van der Waals surface area contributed by atoms with Gasteiger partial charge in [-0.15, -0.1) is 0 Å². The fourth-order valence-electron chi connectivity index (χ4n) is 3.61. The smallest absolute Gasteiger partial charge is 0.248 e. The van der Waals surface area contributed by atoms with E-state index in [0.29, 0.717) is 38.2 Å². The molecule has 1 fully saturated rings. The van der Waals surface area contributed by atoms with Gasteiger partial charge in [0.15, 0.2) is 0 Å². The largest absolute Gasteiger partial charge is 0.368 e. The molecule has 8 heteroatoms. The Morgan fingerprint density at radius 3 is 2.68 bits per heavy atom. The van der Waals surface area contributed by atoms with Crippen LogP contribution in [0.2, 0.25) is 0 Å². The third-order valence-corrected chi connectivity index (χ3v) is 5.31. The number of pyridine rings is 1. The van der Waals surface area contributed by atoms with E-state index in [4.69, 9.17) is 15.5 Å². The molecule has 3 heterocycles. The van der Waals surface area contributed by atoms with Gasteiger partial charge in [0.1, 0.15) is 6.10 Å². The lowest BCUT2D eigenvalue weighted by molar-refractivity contribution is -0.139. The minimum absolute atomic E-state index is 0.0830. The Morgan fingerprint density at radius 2 is 1.97 bits per heavy atom. The zero-order valence-electron chi connectivity index (χ0n) is 17.4. The van der Waals surface area contributed by atoms with Crippen LogP contribution >= 0.6 is 0 Å². The quantitative estimate of drug-likeness (QED) is 0.661. The van der Waals surface area contributed by atoms with Crippen LogP contribution in [0.5, 0.6) is 0 Å². The average Bonchev–Trinajstić information content (AvgIpc) is 3.23. The summed E-state index contributed by atoms with van der Waals surface area (Å²) in [4.78, 5) is 30.5. The highest BCUT2D eigenvalue weighted by Crippen LogP contribution is 2.25. The lowest BCUT2D eigenvalue weighted by Crippen LogP contribution is -2.42. The summed E-state index contributed by atoms with van der Waals surface area (Å²) in [5, 5.41) is 4.33. The molecule has 8 nitrogen and oxygen atoms in total. The van der Waals surface area contributed by atoms with Gasteiger partial charge < -0.3 is 15.4 Å². The van der Waals surface area contributed by atoms with Gasteiger partial charge in [0.05, 0.1) is 30.2 Å². The van der Waals surface area contributed by atoms with Crippen LogP contribution in [0.1, 0.15) is 34.3 Å². The van der Waals surface area contributed by atoms with Gasteiger partial charge >= 0.3 is 0 Å². The lowest BCUT2D eigenvalue weighted by atomic mass is 10.1. The number of hydrogen-bond donors (Lipinski definition) is 1. The summed E-state index contributed by atoms with van der Waals surface area (Å²) in [7, 11) is 0. The van der Waals surface area contributed by atoms with Crippen LogP contribution in [0, 0.1) is 6.92 Å². The molecule has 160 valence electrons. The number of carbonyl (C=O) groups is 2. The van der Waals surface area contributed by atoms with Crippen molar-refractivity contribution in [3.63, 3.8) is 0 Å². The van der Waals surface area contributed by atoms with Gasteiger partial charge in [0, 0.05) is 36.8 Å². The van der Waals surface area contributed by atoms with Gasteiger partial charge in [0.2, 0.25) is 11.8 Å². The third-order valence-electron chi connectivity index (χ3n) is 5.31. The standard InChI is InChI=1S/C23H25N5O3/c1-16-9-11-28(26-16)12-10-22(29)27-13-14-31-21(15-27)20-4-2-3-19(25-20)17-5-7-18(8-6-17)23(24)30/h2-9,11,21H,10,12-15H2,1H3,(H2,24,30). The molecule has 3 aromatic rings. The van der Waals surface area contributed by atoms with Crippen LogP contribution in [-0.2, 0) is 16.1 Å². The van der Waals surface area contributed by atoms with E-state index < -0.39 is 5.91 Å². The monoisotopic (exact) mass is 419 g/mol. The Kier molecular flexibility index (Phi) is 6.08. The minimum atomic E-state index is -0.462. The number of carbonyl (C=O) groups excluding carboxylic acids is 2. The van der Waals surface area contributed by atoms with Crippen LogP contribution in [0.4, 0.5) is 0 Å². The highest BCUT2D eigenvalue weighted by atomic mass is 16.5. The van der Waals surface area contributed by atoms with Gasteiger partial charge in [-0.3, -0.25) is 14.3 Å². The molecule has 31 heavy (non-hydrogen) atoms. The minimum Gasteiger partial charge on any atom is -0.368 e. The number of rotatable bonds is 6. The van der Waals surface area contributed by atoms with Crippen molar-refractivity contribution in [1.29, 1.82) is 0 Å². The Hall–Kier alpha value is -3.52. The fraction of sp³-hybridized carbons (Fsp3) is 0.304. The molecule has 1 saturated heterocycles. The number of nitrogens with zero attached hydrogens (tertiary/aromatic N) is 4. The second kappa shape index (κ2) is 9.09. The van der Waals surface area contributed by atoms with Gasteiger partial charge in [-0.2, -0.15) is 5.10 Å². The van der Waals surface area contributed by atoms with Gasteiger partial charge in [-0.05, 0) is 37.3 Å². The van der Waals surface area contributed by atoms with Crippen molar-refractivity contribution in [3.05, 3.63) is 71.7 Å². The fourth-order valence-corrected chi connectivity index (χ4v) is 3.61. The maximum absolute atomic E-state index is 12.7. The Labute approximate surface area is 180 Å². The number of morpholine rings is 1. The maximum atomic E-state index is 12.7. The molecule has 1 aliphatic heterocycles. The van der Waals surface area contributed by atoms with Crippen LogP contribution in [-0.4, -0.2) is 51.2 Å². The van der Waals surface area contributed by atoms with Crippen molar-refractivity contribution >= 4 is 11.8 Å². The summed E-state index contributed by atoms with van der Waals surface area (Å²) in [5.41, 5.74) is 9.13. The number of primary amides is 1. The second-order valence-corrected chi connectivity index (χ2v) is 7.56. The lowest BCUT2D eigenvalue weighted by Gasteiger charge is -2.33. The molecule has 1 aliphatic rings. The van der Waals surface area contributed by atoms with E-state index in [1.165, 1.54) is 0 Å². The van der Waals surface area contributed by atoms with Gasteiger partial charge in [-0.1, -0.05) is 18.2 Å². The molecule has 0 radical (unpaired) electrons. The molecule has 4 rings (SSSR count). The highest BCUT2D eigenvalue weighted by molar-refractivity contribution is 5.93. The topological polar surface area (TPSA) is 103 Å². The van der Waals surface area contributed by atoms with E-state index in [-0.39, 0.29) is 12.0 Å². The molecule has 1 unspecified atom stereocenters. The van der Waals surface area contributed by atoms with E-state index in [9.17, 15) is 9.59 Å². The van der Waals surface area contributed by atoms with Crippen LogP contribution in [0.25, 0.3) is 11.3 Å². The molecule has 0 aliphatic carbocycles. The van der Waals surface area contributed by atoms with E-state index >= 15 is 0 Å².